The van der Waals surface area contributed by atoms with Crippen LogP contribution in [0.1, 0.15) is 82.3 Å². The molecule has 208 valence electrons. The number of ether oxygens (including phenoxy) is 1. The van der Waals surface area contributed by atoms with Crippen molar-refractivity contribution in [1.82, 2.24) is 5.32 Å². The Morgan fingerprint density at radius 1 is 0.921 bits per heavy atom. The Kier molecular flexibility index (Phi) is 15.8. The van der Waals surface area contributed by atoms with Gasteiger partial charge >= 0.3 is 6.03 Å². The summed E-state index contributed by atoms with van der Waals surface area (Å²) in [6.45, 7) is 4.31. The lowest BCUT2D eigenvalue weighted by molar-refractivity contribution is -0.683. The molecule has 0 spiro atoms. The van der Waals surface area contributed by atoms with E-state index in [-0.39, 0.29) is 23.0 Å². The molecule has 0 saturated carbocycles. The fourth-order valence-corrected chi connectivity index (χ4v) is 5.05. The van der Waals surface area contributed by atoms with Crippen molar-refractivity contribution in [2.24, 2.45) is 0 Å². The normalized spacial score (nSPS) is 10.6. The summed E-state index contributed by atoms with van der Waals surface area (Å²) in [6, 6.07) is 16.2. The van der Waals surface area contributed by atoms with Gasteiger partial charge in [-0.15, -0.1) is 0 Å². The number of rotatable bonds is 17. The fourth-order valence-electron chi connectivity index (χ4n) is 4.45. The largest absolute Gasteiger partial charge is 1.00 e. The third-order valence-electron chi connectivity index (χ3n) is 6.61. The number of thiazole rings is 1. The van der Waals surface area contributed by atoms with Gasteiger partial charge in [0.25, 0.3) is 0 Å². The summed E-state index contributed by atoms with van der Waals surface area (Å²) in [6.07, 6.45) is 15.2. The second-order valence-electron chi connectivity index (χ2n) is 9.68. The molecule has 0 atom stereocenters. The van der Waals surface area contributed by atoms with Gasteiger partial charge < -0.3 is 27.0 Å². The van der Waals surface area contributed by atoms with Crippen LogP contribution in [0, 0.1) is 0 Å². The van der Waals surface area contributed by atoms with Gasteiger partial charge in [-0.1, -0.05) is 100 Å². The van der Waals surface area contributed by atoms with Crippen LogP contribution in [0.15, 0.2) is 65.6 Å². The molecule has 1 aromatic heterocycles. The second-order valence-corrected chi connectivity index (χ2v) is 10.4. The summed E-state index contributed by atoms with van der Waals surface area (Å²) in [4.78, 5) is 14.5. The zero-order valence-electron chi connectivity index (χ0n) is 23.0. The number of aromatic nitrogens is 1. The van der Waals surface area contributed by atoms with Crippen LogP contribution < -0.4 is 36.5 Å². The molecule has 7 heteroatoms. The molecule has 5 nitrogen and oxygen atoms in total. The van der Waals surface area contributed by atoms with E-state index in [0.717, 1.165) is 36.6 Å². The van der Waals surface area contributed by atoms with Gasteiger partial charge in [-0.2, -0.15) is 4.57 Å². The van der Waals surface area contributed by atoms with Crippen LogP contribution in [0.5, 0.6) is 5.75 Å². The number of benzene rings is 2. The highest BCUT2D eigenvalue weighted by Gasteiger charge is 2.16. The van der Waals surface area contributed by atoms with Crippen LogP contribution in [0.25, 0.3) is 0 Å². The van der Waals surface area contributed by atoms with Gasteiger partial charge in [0.15, 0.2) is 12.7 Å². The zero-order valence-corrected chi connectivity index (χ0v) is 25.4. The molecule has 1 heterocycles. The van der Waals surface area contributed by atoms with E-state index >= 15 is 0 Å². The van der Waals surface area contributed by atoms with Crippen LogP contribution in [0.3, 0.4) is 0 Å². The lowest BCUT2D eigenvalue weighted by Crippen LogP contribution is -3.00. The van der Waals surface area contributed by atoms with Crippen LogP contribution in [0.2, 0.25) is 0 Å². The standard InChI is InChI=1S/C31H43N3O2S.BrH/c1-3-4-5-6-7-8-9-10-11-12-21-36-30-15-13-14-28(23-30)25-34(31(35)32-2)29-18-16-27(17-19-29)24-33-20-22-37-26-33;/h13-20,22-23,26H,3-12,21,24-25H2,1-2H3;1H. The van der Waals surface area contributed by atoms with E-state index in [9.17, 15) is 4.79 Å². The minimum absolute atomic E-state index is 0. The lowest BCUT2D eigenvalue weighted by atomic mass is 10.1. The molecule has 0 aliphatic carbocycles. The monoisotopic (exact) mass is 601 g/mol. The summed E-state index contributed by atoms with van der Waals surface area (Å²) in [5.41, 5.74) is 5.21. The molecule has 38 heavy (non-hydrogen) atoms. The molecule has 0 radical (unpaired) electrons. The maximum Gasteiger partial charge on any atom is 0.321 e. The molecule has 2 amide bonds. The highest BCUT2D eigenvalue weighted by Crippen LogP contribution is 2.21. The maximum atomic E-state index is 12.7. The number of unbranched alkanes of at least 4 members (excludes halogenated alkanes) is 9. The predicted molar refractivity (Wildman–Crippen MR) is 154 cm³/mol. The van der Waals surface area contributed by atoms with E-state index in [1.165, 1.54) is 63.4 Å². The average Bonchev–Trinajstić information content (AvgIpc) is 3.44. The minimum atomic E-state index is -0.128. The summed E-state index contributed by atoms with van der Waals surface area (Å²) in [5.74, 6) is 0.869. The Bertz CT molecular complexity index is 1030. The van der Waals surface area contributed by atoms with E-state index in [0.29, 0.717) is 6.54 Å². The Morgan fingerprint density at radius 2 is 1.61 bits per heavy atom. The topological polar surface area (TPSA) is 45.5 Å². The van der Waals surface area contributed by atoms with Gasteiger partial charge in [-0.05, 0) is 36.2 Å². The maximum absolute atomic E-state index is 12.7. The first kappa shape index (κ1) is 31.8. The molecule has 0 unspecified atom stereocenters. The number of amides is 2. The molecule has 3 aromatic rings. The fraction of sp³-hybridized carbons (Fsp3) is 0.484. The number of urea groups is 1. The van der Waals surface area contributed by atoms with Crippen LogP contribution in [0.4, 0.5) is 10.5 Å². The van der Waals surface area contributed by atoms with Crippen molar-refractivity contribution in [3.63, 3.8) is 0 Å². The van der Waals surface area contributed by atoms with Crippen LogP contribution in [-0.2, 0) is 13.1 Å². The molecular formula is C31H44BrN3O2S. The first-order valence-electron chi connectivity index (χ1n) is 13.9. The number of halogens is 1. The van der Waals surface area contributed by atoms with Gasteiger partial charge in [0.1, 0.15) is 5.75 Å². The van der Waals surface area contributed by atoms with Crippen molar-refractivity contribution >= 4 is 23.1 Å². The molecule has 0 saturated heterocycles. The molecule has 0 bridgehead atoms. The van der Waals surface area contributed by atoms with Crippen LogP contribution in [-0.4, -0.2) is 19.7 Å². The van der Waals surface area contributed by atoms with Crippen molar-refractivity contribution < 1.29 is 31.1 Å². The molecule has 0 fully saturated rings. The number of nitrogens with one attached hydrogen (secondary N) is 1. The highest BCUT2D eigenvalue weighted by molar-refractivity contribution is 7.07. The summed E-state index contributed by atoms with van der Waals surface area (Å²) >= 11 is 1.68. The SMILES string of the molecule is CCCCCCCCCCCCOc1cccc(CN(C(=O)NC)c2ccc(C[n+]3ccsc3)cc2)c1.[Br-]. The first-order valence-corrected chi connectivity index (χ1v) is 14.8. The van der Waals surface area contributed by atoms with Gasteiger partial charge in [0.2, 0.25) is 5.51 Å². The second kappa shape index (κ2) is 18.8. The van der Waals surface area contributed by atoms with Gasteiger partial charge in [0, 0.05) is 18.3 Å². The predicted octanol–water partition coefficient (Wildman–Crippen LogP) is 4.73. The Balaban J connectivity index is 0.00000507. The number of nitrogens with zero attached hydrogens (tertiary/aromatic N) is 2. The summed E-state index contributed by atoms with van der Waals surface area (Å²) in [5, 5.41) is 4.84. The zero-order chi connectivity index (χ0) is 26.1. The highest BCUT2D eigenvalue weighted by atomic mass is 79.9. The molecule has 3 rings (SSSR count). The number of hydrogen-bond acceptors (Lipinski definition) is 3. The van der Waals surface area contributed by atoms with Gasteiger partial charge in [-0.25, -0.2) is 4.79 Å². The van der Waals surface area contributed by atoms with Crippen molar-refractivity contribution in [2.75, 3.05) is 18.6 Å². The van der Waals surface area contributed by atoms with Crippen molar-refractivity contribution in [2.45, 2.75) is 84.2 Å². The van der Waals surface area contributed by atoms with E-state index < -0.39 is 0 Å². The molecule has 1 N–H and O–H groups in total. The third kappa shape index (κ3) is 11.6. The molecule has 0 aliphatic rings. The first-order chi connectivity index (χ1) is 18.2. The Hall–Kier alpha value is -2.38. The van der Waals surface area contributed by atoms with Crippen molar-refractivity contribution in [3.05, 3.63) is 76.7 Å². The molecule has 0 aliphatic heterocycles. The quantitative estimate of drug-likeness (QED) is 0.179. The van der Waals surface area contributed by atoms with Crippen molar-refractivity contribution in [1.29, 1.82) is 0 Å². The van der Waals surface area contributed by atoms with E-state index in [4.69, 9.17) is 4.74 Å². The number of carbonyl (C=O) groups excluding carboxylic acids is 1. The third-order valence-corrected chi connectivity index (χ3v) is 7.28. The summed E-state index contributed by atoms with van der Waals surface area (Å²) < 4.78 is 8.19. The lowest BCUT2D eigenvalue weighted by Gasteiger charge is -2.23. The van der Waals surface area contributed by atoms with Crippen LogP contribution >= 0.6 is 11.3 Å². The number of anilines is 1. The van der Waals surface area contributed by atoms with E-state index in [1.54, 1.807) is 23.3 Å². The van der Waals surface area contributed by atoms with Gasteiger partial charge in [-0.3, -0.25) is 4.90 Å². The Morgan fingerprint density at radius 3 is 2.24 bits per heavy atom. The van der Waals surface area contributed by atoms with E-state index in [2.05, 4.69) is 46.0 Å². The number of carbonyl (C=O) groups is 1. The average molecular weight is 603 g/mol. The van der Waals surface area contributed by atoms with E-state index in [1.807, 2.05) is 36.4 Å². The minimum Gasteiger partial charge on any atom is -1.00 e. The Labute approximate surface area is 244 Å². The number of hydrogen-bond donors (Lipinski definition) is 1. The summed E-state index contributed by atoms with van der Waals surface area (Å²) in [7, 11) is 1.67. The molecule has 2 aromatic carbocycles. The molecular weight excluding hydrogens is 558 g/mol. The van der Waals surface area contributed by atoms with Crippen molar-refractivity contribution in [3.8, 4) is 5.75 Å². The van der Waals surface area contributed by atoms with Gasteiger partial charge in [0.05, 0.1) is 18.5 Å². The smallest absolute Gasteiger partial charge is 0.321 e.